The second-order valence-electron chi connectivity index (χ2n) is 11.1. The van der Waals surface area contributed by atoms with E-state index in [1.807, 2.05) is 45.0 Å². The van der Waals surface area contributed by atoms with Gasteiger partial charge in [-0.05, 0) is 75.4 Å². The summed E-state index contributed by atoms with van der Waals surface area (Å²) in [5.74, 6) is -0.683. The van der Waals surface area contributed by atoms with E-state index >= 15 is 0 Å². The van der Waals surface area contributed by atoms with Crippen LogP contribution in [0, 0.1) is 20.8 Å². The number of sulfonamides is 1. The monoisotopic (exact) mass is 609 g/mol. The van der Waals surface area contributed by atoms with E-state index in [1.54, 1.807) is 37.3 Å². The lowest BCUT2D eigenvalue weighted by atomic mass is 10.1. The predicted octanol–water partition coefficient (Wildman–Crippen LogP) is 6.33. The van der Waals surface area contributed by atoms with Crippen molar-refractivity contribution in [3.63, 3.8) is 0 Å². The highest BCUT2D eigenvalue weighted by Crippen LogP contribution is 2.31. The van der Waals surface area contributed by atoms with Crippen LogP contribution < -0.4 is 9.62 Å². The molecule has 0 aromatic heterocycles. The molecule has 42 heavy (non-hydrogen) atoms. The number of anilines is 1. The first-order valence-electron chi connectivity index (χ1n) is 14.5. The quantitative estimate of drug-likeness (QED) is 0.275. The molecule has 0 bridgehead atoms. The maximum atomic E-state index is 14.3. The molecule has 1 aliphatic rings. The Hall–Kier alpha value is -3.36. The Morgan fingerprint density at radius 2 is 1.62 bits per heavy atom. The van der Waals surface area contributed by atoms with Gasteiger partial charge in [-0.2, -0.15) is 0 Å². The van der Waals surface area contributed by atoms with Crippen molar-refractivity contribution in [2.24, 2.45) is 0 Å². The molecule has 0 saturated heterocycles. The number of halogens is 1. The number of amides is 2. The van der Waals surface area contributed by atoms with Crippen LogP contribution >= 0.6 is 11.6 Å². The van der Waals surface area contributed by atoms with Crippen molar-refractivity contribution >= 4 is 39.1 Å². The average Bonchev–Trinajstić information content (AvgIpc) is 3.46. The first-order valence-corrected chi connectivity index (χ1v) is 16.3. The van der Waals surface area contributed by atoms with Crippen LogP contribution in [0.2, 0.25) is 5.02 Å². The Morgan fingerprint density at radius 1 is 0.952 bits per heavy atom. The van der Waals surface area contributed by atoms with Crippen molar-refractivity contribution in [2.75, 3.05) is 10.8 Å². The molecule has 1 atom stereocenters. The number of carbonyl (C=O) groups is 2. The van der Waals surface area contributed by atoms with Crippen molar-refractivity contribution in [2.45, 2.75) is 83.3 Å². The van der Waals surface area contributed by atoms with Gasteiger partial charge >= 0.3 is 0 Å². The summed E-state index contributed by atoms with van der Waals surface area (Å²) in [6.45, 7) is 7.13. The lowest BCUT2D eigenvalue weighted by molar-refractivity contribution is -0.140. The largest absolute Gasteiger partial charge is 0.352 e. The van der Waals surface area contributed by atoms with Gasteiger partial charge in [-0.15, -0.1) is 0 Å². The summed E-state index contributed by atoms with van der Waals surface area (Å²) in [5.41, 5.74) is 3.66. The van der Waals surface area contributed by atoms with Crippen molar-refractivity contribution in [1.29, 1.82) is 0 Å². The molecule has 0 aliphatic heterocycles. The molecule has 1 saturated carbocycles. The normalized spacial score (nSPS) is 14.4. The highest BCUT2D eigenvalue weighted by molar-refractivity contribution is 7.92. The van der Waals surface area contributed by atoms with E-state index in [4.69, 9.17) is 11.6 Å². The van der Waals surface area contributed by atoms with E-state index in [0.717, 1.165) is 46.7 Å². The van der Waals surface area contributed by atoms with Gasteiger partial charge in [-0.3, -0.25) is 13.9 Å². The first-order chi connectivity index (χ1) is 20.0. The molecule has 7 nitrogen and oxygen atoms in total. The van der Waals surface area contributed by atoms with Gasteiger partial charge in [-0.1, -0.05) is 85.0 Å². The van der Waals surface area contributed by atoms with Crippen LogP contribution in [-0.4, -0.2) is 43.8 Å². The van der Waals surface area contributed by atoms with Crippen LogP contribution in [0.4, 0.5) is 5.69 Å². The summed E-state index contributed by atoms with van der Waals surface area (Å²) in [6.07, 6.45) is 4.36. The number of rotatable bonds is 11. The Balaban J connectivity index is 1.75. The Labute approximate surface area is 254 Å². The average molecular weight is 610 g/mol. The molecule has 0 radical (unpaired) electrons. The van der Waals surface area contributed by atoms with Crippen LogP contribution in [0.3, 0.4) is 0 Å². The summed E-state index contributed by atoms with van der Waals surface area (Å²) >= 11 is 6.42. The summed E-state index contributed by atoms with van der Waals surface area (Å²) in [4.78, 5) is 29.5. The molecule has 0 heterocycles. The van der Waals surface area contributed by atoms with Gasteiger partial charge in [0.15, 0.2) is 0 Å². The molecule has 3 aromatic carbocycles. The third kappa shape index (κ3) is 7.34. The van der Waals surface area contributed by atoms with Gasteiger partial charge in [0.1, 0.15) is 12.6 Å². The zero-order valence-corrected chi connectivity index (χ0v) is 26.3. The predicted molar refractivity (Wildman–Crippen MR) is 168 cm³/mol. The smallest absolute Gasteiger partial charge is 0.264 e. The molecule has 1 fully saturated rings. The highest BCUT2D eigenvalue weighted by Gasteiger charge is 2.35. The number of hydrogen-bond acceptors (Lipinski definition) is 4. The zero-order valence-electron chi connectivity index (χ0n) is 24.8. The molecular weight excluding hydrogens is 570 g/mol. The molecule has 1 aliphatic carbocycles. The first kappa shape index (κ1) is 31.6. The number of hydrogen-bond donors (Lipinski definition) is 1. The van der Waals surface area contributed by atoms with Crippen LogP contribution in [0.1, 0.15) is 61.3 Å². The molecule has 2 amide bonds. The number of aryl methyl sites for hydroxylation is 2. The minimum absolute atomic E-state index is 0.0662. The standard InChI is InChI=1S/C33H40ClN3O4S/c1-5-30(33(39)35-27-12-6-7-13-27)36(21-26-11-8-10-24(3)20-26)32(38)22-37(31-15-9-14-29(34)25(31)4)42(40,41)28-18-16-23(2)17-19-28/h8-11,14-20,27,30H,5-7,12-13,21-22H2,1-4H3,(H,35,39)/t30-/m1/s1. The fourth-order valence-electron chi connectivity index (χ4n) is 5.51. The summed E-state index contributed by atoms with van der Waals surface area (Å²) in [7, 11) is -4.16. The van der Waals surface area contributed by atoms with Crippen LogP contribution in [0.15, 0.2) is 71.6 Å². The van der Waals surface area contributed by atoms with Crippen LogP contribution in [0.25, 0.3) is 0 Å². The Bertz CT molecular complexity index is 1520. The topological polar surface area (TPSA) is 86.8 Å². The molecule has 4 rings (SSSR count). The molecule has 3 aromatic rings. The van der Waals surface area contributed by atoms with Crippen molar-refractivity contribution in [3.05, 3.63) is 94.0 Å². The van der Waals surface area contributed by atoms with Gasteiger partial charge in [0.05, 0.1) is 10.6 Å². The number of carbonyl (C=O) groups excluding carboxylic acids is 2. The zero-order chi connectivity index (χ0) is 30.4. The van der Waals surface area contributed by atoms with E-state index in [9.17, 15) is 18.0 Å². The fourth-order valence-corrected chi connectivity index (χ4v) is 7.15. The van der Waals surface area contributed by atoms with E-state index in [-0.39, 0.29) is 23.4 Å². The third-order valence-corrected chi connectivity index (χ3v) is 10.1. The summed E-state index contributed by atoms with van der Waals surface area (Å²) in [6, 6.07) is 18.6. The van der Waals surface area contributed by atoms with E-state index in [0.29, 0.717) is 22.7 Å². The van der Waals surface area contributed by atoms with Gasteiger partial charge in [-0.25, -0.2) is 8.42 Å². The van der Waals surface area contributed by atoms with E-state index < -0.39 is 28.5 Å². The minimum atomic E-state index is -4.16. The van der Waals surface area contributed by atoms with Gasteiger partial charge in [0.2, 0.25) is 11.8 Å². The van der Waals surface area contributed by atoms with Gasteiger partial charge in [0.25, 0.3) is 10.0 Å². The molecule has 0 spiro atoms. The van der Waals surface area contributed by atoms with Crippen molar-refractivity contribution < 1.29 is 18.0 Å². The molecule has 9 heteroatoms. The summed E-state index contributed by atoms with van der Waals surface area (Å²) in [5, 5.41) is 3.53. The van der Waals surface area contributed by atoms with Crippen molar-refractivity contribution in [3.8, 4) is 0 Å². The maximum absolute atomic E-state index is 14.3. The van der Waals surface area contributed by atoms with Crippen molar-refractivity contribution in [1.82, 2.24) is 10.2 Å². The molecular formula is C33H40ClN3O4S. The fraction of sp³-hybridized carbons (Fsp3) is 0.394. The second kappa shape index (κ2) is 13.7. The number of nitrogens with one attached hydrogen (secondary N) is 1. The maximum Gasteiger partial charge on any atom is 0.264 e. The lowest BCUT2D eigenvalue weighted by Crippen LogP contribution is -2.53. The van der Waals surface area contributed by atoms with E-state index in [1.165, 1.54) is 17.0 Å². The molecule has 224 valence electrons. The highest BCUT2D eigenvalue weighted by atomic mass is 35.5. The molecule has 0 unspecified atom stereocenters. The summed E-state index contributed by atoms with van der Waals surface area (Å²) < 4.78 is 29.3. The number of nitrogens with zero attached hydrogens (tertiary/aromatic N) is 2. The van der Waals surface area contributed by atoms with E-state index in [2.05, 4.69) is 5.32 Å². The SMILES string of the molecule is CC[C@H](C(=O)NC1CCCC1)N(Cc1cccc(C)c1)C(=O)CN(c1cccc(Cl)c1C)S(=O)(=O)c1ccc(C)cc1. The Kier molecular flexibility index (Phi) is 10.3. The number of benzene rings is 3. The second-order valence-corrected chi connectivity index (χ2v) is 13.4. The van der Waals surface area contributed by atoms with Crippen LogP contribution in [0.5, 0.6) is 0 Å². The Morgan fingerprint density at radius 3 is 2.26 bits per heavy atom. The third-order valence-electron chi connectivity index (χ3n) is 7.92. The van der Waals surface area contributed by atoms with Crippen LogP contribution in [-0.2, 0) is 26.2 Å². The molecule has 1 N–H and O–H groups in total. The lowest BCUT2D eigenvalue weighted by Gasteiger charge is -2.34. The van der Waals surface area contributed by atoms with Gasteiger partial charge in [0, 0.05) is 17.6 Å². The minimum Gasteiger partial charge on any atom is -0.352 e. The van der Waals surface area contributed by atoms with Gasteiger partial charge < -0.3 is 10.2 Å².